The molecule has 8 heteroatoms. The van der Waals surface area contributed by atoms with Crippen LogP contribution in [0.4, 0.5) is 0 Å². The lowest BCUT2D eigenvalue weighted by molar-refractivity contribution is 0.387. The number of nitrogens with zero attached hydrogens (tertiary/aromatic N) is 3. The van der Waals surface area contributed by atoms with Crippen molar-refractivity contribution in [1.82, 2.24) is 20.8 Å². The molecular weight excluding hydrogens is 429 g/mol. The molecule has 6 nitrogen and oxygen atoms in total. The largest absolute Gasteiger partial charge is 0.357 e. The predicted molar refractivity (Wildman–Crippen MR) is 102 cm³/mol. The minimum absolute atomic E-state index is 0. The van der Waals surface area contributed by atoms with Crippen molar-refractivity contribution in [1.29, 1.82) is 0 Å². The molecule has 1 aromatic heterocycles. The van der Waals surface area contributed by atoms with E-state index in [4.69, 9.17) is 16.1 Å². The van der Waals surface area contributed by atoms with E-state index in [1.807, 2.05) is 38.1 Å². The first-order valence-electron chi connectivity index (χ1n) is 7.18. The summed E-state index contributed by atoms with van der Waals surface area (Å²) in [5.41, 5.74) is 1.02. The van der Waals surface area contributed by atoms with Gasteiger partial charge >= 0.3 is 0 Å². The Morgan fingerprint density at radius 1 is 1.39 bits per heavy atom. The highest BCUT2D eigenvalue weighted by Gasteiger charge is 2.11. The molecule has 2 N–H and O–H groups in total. The van der Waals surface area contributed by atoms with Gasteiger partial charge in [0, 0.05) is 18.5 Å². The minimum atomic E-state index is 0. The highest BCUT2D eigenvalue weighted by atomic mass is 127. The monoisotopic (exact) mass is 449 g/mol. The van der Waals surface area contributed by atoms with Crippen LogP contribution in [0.15, 0.2) is 33.8 Å². The number of halogens is 2. The lowest BCUT2D eigenvalue weighted by Gasteiger charge is -2.19. The van der Waals surface area contributed by atoms with Gasteiger partial charge < -0.3 is 15.2 Å². The molecule has 0 radical (unpaired) electrons. The lowest BCUT2D eigenvalue weighted by atomic mass is 10.1. The van der Waals surface area contributed by atoms with Gasteiger partial charge in [0.05, 0.1) is 6.04 Å². The molecule has 1 aromatic carbocycles. The summed E-state index contributed by atoms with van der Waals surface area (Å²) >= 11 is 6.22. The molecular formula is C15H21ClIN5O. The Labute approximate surface area is 158 Å². The standard InChI is InChI=1S/C15H20ClN5O.HI/c1-4-17-15(18-9-14-20-11(3)22-21-14)19-10(2)12-7-5-6-8-13(12)16;/h5-8,10H,4,9H2,1-3H3,(H2,17,18,19);1H. The molecule has 126 valence electrons. The Hall–Kier alpha value is -1.35. The van der Waals surface area contributed by atoms with Crippen molar-refractivity contribution in [3.63, 3.8) is 0 Å². The van der Waals surface area contributed by atoms with Crippen LogP contribution in [-0.2, 0) is 6.54 Å². The molecule has 0 spiro atoms. The van der Waals surface area contributed by atoms with Crippen LogP contribution in [0, 0.1) is 6.92 Å². The van der Waals surface area contributed by atoms with Crippen LogP contribution in [0.3, 0.4) is 0 Å². The second-order valence-electron chi connectivity index (χ2n) is 4.81. The Kier molecular flexibility index (Phi) is 8.32. The van der Waals surface area contributed by atoms with E-state index >= 15 is 0 Å². The van der Waals surface area contributed by atoms with Gasteiger partial charge in [0.1, 0.15) is 6.54 Å². The number of aliphatic imine (C=N–C) groups is 1. The predicted octanol–water partition coefficient (Wildman–Crippen LogP) is 3.47. The third kappa shape index (κ3) is 5.98. The van der Waals surface area contributed by atoms with E-state index in [1.165, 1.54) is 0 Å². The van der Waals surface area contributed by atoms with E-state index in [9.17, 15) is 0 Å². The van der Waals surface area contributed by atoms with Crippen LogP contribution in [0.5, 0.6) is 0 Å². The van der Waals surface area contributed by atoms with Crippen molar-refractivity contribution in [3.8, 4) is 0 Å². The van der Waals surface area contributed by atoms with E-state index in [1.54, 1.807) is 6.92 Å². The van der Waals surface area contributed by atoms with Crippen LogP contribution >= 0.6 is 35.6 Å². The highest BCUT2D eigenvalue weighted by molar-refractivity contribution is 14.0. The summed E-state index contributed by atoms with van der Waals surface area (Å²) in [6, 6.07) is 7.77. The number of hydrogen-bond donors (Lipinski definition) is 2. The highest BCUT2D eigenvalue weighted by Crippen LogP contribution is 2.21. The average Bonchev–Trinajstić information content (AvgIpc) is 2.91. The first kappa shape index (κ1) is 19.7. The number of nitrogens with one attached hydrogen (secondary N) is 2. The van der Waals surface area contributed by atoms with Crippen LogP contribution < -0.4 is 10.6 Å². The molecule has 0 aliphatic heterocycles. The van der Waals surface area contributed by atoms with Crippen molar-refractivity contribution < 1.29 is 4.52 Å². The van der Waals surface area contributed by atoms with Gasteiger partial charge in [-0.25, -0.2) is 4.99 Å². The van der Waals surface area contributed by atoms with E-state index in [0.717, 1.165) is 17.1 Å². The number of hydrogen-bond acceptors (Lipinski definition) is 4. The summed E-state index contributed by atoms with van der Waals surface area (Å²) in [7, 11) is 0. The number of guanidine groups is 1. The van der Waals surface area contributed by atoms with Crippen molar-refractivity contribution >= 4 is 41.5 Å². The van der Waals surface area contributed by atoms with Gasteiger partial charge in [-0.3, -0.25) is 0 Å². The minimum Gasteiger partial charge on any atom is -0.357 e. The van der Waals surface area contributed by atoms with Gasteiger partial charge in [0.25, 0.3) is 0 Å². The van der Waals surface area contributed by atoms with Gasteiger partial charge in [-0.05, 0) is 25.5 Å². The zero-order valence-corrected chi connectivity index (χ0v) is 16.4. The van der Waals surface area contributed by atoms with Crippen LogP contribution in [0.1, 0.15) is 37.2 Å². The summed E-state index contributed by atoms with van der Waals surface area (Å²) in [5, 5.41) is 11.1. The second kappa shape index (κ2) is 9.71. The lowest BCUT2D eigenvalue weighted by Crippen LogP contribution is -2.38. The average molecular weight is 450 g/mol. The maximum absolute atomic E-state index is 6.22. The molecule has 2 aromatic rings. The third-order valence-electron chi connectivity index (χ3n) is 3.02. The molecule has 1 atom stereocenters. The molecule has 0 fully saturated rings. The molecule has 0 amide bonds. The quantitative estimate of drug-likeness (QED) is 0.415. The number of aryl methyl sites for hydroxylation is 1. The zero-order chi connectivity index (χ0) is 15.9. The van der Waals surface area contributed by atoms with Gasteiger partial charge in [-0.2, -0.15) is 4.98 Å². The van der Waals surface area contributed by atoms with Crippen molar-refractivity contribution in [2.75, 3.05) is 6.54 Å². The SMILES string of the molecule is CCNC(=NCc1noc(C)n1)NC(C)c1ccccc1Cl.I. The Morgan fingerprint density at radius 3 is 2.74 bits per heavy atom. The zero-order valence-electron chi connectivity index (χ0n) is 13.3. The van der Waals surface area contributed by atoms with Gasteiger partial charge in [-0.1, -0.05) is 35.0 Å². The summed E-state index contributed by atoms with van der Waals surface area (Å²) in [6.07, 6.45) is 0. The molecule has 0 aliphatic carbocycles. The molecule has 1 heterocycles. The Bertz CT molecular complexity index is 646. The van der Waals surface area contributed by atoms with Gasteiger partial charge in [0.15, 0.2) is 11.8 Å². The Morgan fingerprint density at radius 2 is 2.13 bits per heavy atom. The molecule has 23 heavy (non-hydrogen) atoms. The number of rotatable bonds is 5. The third-order valence-corrected chi connectivity index (χ3v) is 3.36. The fraction of sp³-hybridized carbons (Fsp3) is 0.400. The van der Waals surface area contributed by atoms with Gasteiger partial charge in [-0.15, -0.1) is 24.0 Å². The summed E-state index contributed by atoms with van der Waals surface area (Å²) in [5.74, 6) is 1.77. The molecule has 0 saturated carbocycles. The molecule has 2 rings (SSSR count). The second-order valence-corrected chi connectivity index (χ2v) is 5.22. The molecule has 1 unspecified atom stereocenters. The van der Waals surface area contributed by atoms with Crippen molar-refractivity contribution in [2.24, 2.45) is 4.99 Å². The number of aromatic nitrogens is 2. The Balaban J connectivity index is 0.00000264. The smallest absolute Gasteiger partial charge is 0.223 e. The normalized spacial score (nSPS) is 12.4. The van der Waals surface area contributed by atoms with E-state index in [-0.39, 0.29) is 30.0 Å². The first-order chi connectivity index (χ1) is 10.6. The summed E-state index contributed by atoms with van der Waals surface area (Å²) < 4.78 is 4.93. The van der Waals surface area contributed by atoms with E-state index in [0.29, 0.717) is 24.2 Å². The molecule has 0 aliphatic rings. The van der Waals surface area contributed by atoms with Crippen LogP contribution in [0.2, 0.25) is 5.02 Å². The van der Waals surface area contributed by atoms with Crippen molar-refractivity contribution in [3.05, 3.63) is 46.6 Å². The molecule has 0 bridgehead atoms. The fourth-order valence-electron chi connectivity index (χ4n) is 1.98. The van der Waals surface area contributed by atoms with Crippen LogP contribution in [-0.4, -0.2) is 22.6 Å². The number of benzene rings is 1. The fourth-order valence-corrected chi connectivity index (χ4v) is 2.28. The summed E-state index contributed by atoms with van der Waals surface area (Å²) in [6.45, 7) is 6.90. The van der Waals surface area contributed by atoms with E-state index < -0.39 is 0 Å². The maximum Gasteiger partial charge on any atom is 0.223 e. The molecule has 0 saturated heterocycles. The van der Waals surface area contributed by atoms with E-state index in [2.05, 4.69) is 25.8 Å². The maximum atomic E-state index is 6.22. The van der Waals surface area contributed by atoms with Gasteiger partial charge in [0.2, 0.25) is 5.89 Å². The van der Waals surface area contributed by atoms with Crippen LogP contribution in [0.25, 0.3) is 0 Å². The van der Waals surface area contributed by atoms with Crippen molar-refractivity contribution in [2.45, 2.75) is 33.4 Å². The first-order valence-corrected chi connectivity index (χ1v) is 7.56. The topological polar surface area (TPSA) is 75.3 Å². The summed E-state index contributed by atoms with van der Waals surface area (Å²) in [4.78, 5) is 8.59.